The van der Waals surface area contributed by atoms with Crippen molar-refractivity contribution >= 4 is 17.3 Å². The smallest absolute Gasteiger partial charge is 0.418 e. The topological polar surface area (TPSA) is 44.8 Å². The first kappa shape index (κ1) is 22.0. The Labute approximate surface area is 174 Å². The molecule has 1 amide bonds. The molecule has 0 aliphatic carbocycles. The number of benzene rings is 2. The lowest BCUT2D eigenvalue weighted by molar-refractivity contribution is -0.137. The van der Waals surface area contributed by atoms with Crippen LogP contribution in [0.25, 0.3) is 0 Å². The van der Waals surface area contributed by atoms with Crippen molar-refractivity contribution in [2.45, 2.75) is 20.0 Å². The van der Waals surface area contributed by atoms with Crippen molar-refractivity contribution in [1.82, 2.24) is 4.90 Å². The van der Waals surface area contributed by atoms with Gasteiger partial charge in [-0.15, -0.1) is 0 Å². The van der Waals surface area contributed by atoms with Crippen LogP contribution in [-0.4, -0.2) is 50.6 Å². The van der Waals surface area contributed by atoms with Crippen molar-refractivity contribution in [1.29, 1.82) is 0 Å². The molecule has 0 saturated carbocycles. The number of nitrogens with one attached hydrogen (secondary N) is 1. The zero-order valence-corrected chi connectivity index (χ0v) is 17.3. The van der Waals surface area contributed by atoms with Gasteiger partial charge >= 0.3 is 6.18 Å². The van der Waals surface area contributed by atoms with Crippen LogP contribution in [0.2, 0.25) is 0 Å². The maximum atomic E-state index is 13.6. The van der Waals surface area contributed by atoms with Gasteiger partial charge in [-0.25, -0.2) is 0 Å². The van der Waals surface area contributed by atoms with Gasteiger partial charge in [0.1, 0.15) is 5.75 Å². The SMILES string of the molecule is Cc1ccc(OCC(=O)Nc2ccc(N3CCN(C)CC3)cc2C(F)(F)F)cc1C. The fourth-order valence-electron chi connectivity index (χ4n) is 3.28. The number of nitrogens with zero attached hydrogens (tertiary/aromatic N) is 2. The average molecular weight is 421 g/mol. The highest BCUT2D eigenvalue weighted by molar-refractivity contribution is 5.93. The monoisotopic (exact) mass is 421 g/mol. The number of ether oxygens (including phenoxy) is 1. The lowest BCUT2D eigenvalue weighted by Crippen LogP contribution is -2.44. The lowest BCUT2D eigenvalue weighted by atomic mass is 10.1. The highest BCUT2D eigenvalue weighted by Crippen LogP contribution is 2.37. The Kier molecular flexibility index (Phi) is 6.55. The predicted octanol–water partition coefficient (Wildman–Crippen LogP) is 4.09. The van der Waals surface area contributed by atoms with Crippen LogP contribution in [0.5, 0.6) is 5.75 Å². The quantitative estimate of drug-likeness (QED) is 0.790. The van der Waals surface area contributed by atoms with Crippen molar-refractivity contribution in [2.75, 3.05) is 50.1 Å². The number of piperazine rings is 1. The van der Waals surface area contributed by atoms with Gasteiger partial charge in [0, 0.05) is 31.9 Å². The lowest BCUT2D eigenvalue weighted by Gasteiger charge is -2.34. The molecule has 1 aliphatic rings. The van der Waals surface area contributed by atoms with E-state index in [-0.39, 0.29) is 12.3 Å². The van der Waals surface area contributed by atoms with E-state index in [4.69, 9.17) is 4.74 Å². The van der Waals surface area contributed by atoms with Gasteiger partial charge in [-0.2, -0.15) is 13.2 Å². The van der Waals surface area contributed by atoms with E-state index in [2.05, 4.69) is 10.2 Å². The van der Waals surface area contributed by atoms with Gasteiger partial charge in [-0.1, -0.05) is 6.07 Å². The van der Waals surface area contributed by atoms with E-state index in [0.717, 1.165) is 30.3 Å². The Morgan fingerprint density at radius 1 is 1.03 bits per heavy atom. The second-order valence-electron chi connectivity index (χ2n) is 7.60. The number of rotatable bonds is 5. The third kappa shape index (κ3) is 5.44. The maximum absolute atomic E-state index is 13.6. The summed E-state index contributed by atoms with van der Waals surface area (Å²) in [5.74, 6) is -0.152. The van der Waals surface area contributed by atoms with E-state index in [1.54, 1.807) is 18.2 Å². The molecular weight excluding hydrogens is 395 g/mol. The van der Waals surface area contributed by atoms with E-state index in [1.807, 2.05) is 31.9 Å². The summed E-state index contributed by atoms with van der Waals surface area (Å²) in [6.07, 6.45) is -4.58. The van der Waals surface area contributed by atoms with Gasteiger partial charge in [-0.05, 0) is 62.4 Å². The largest absolute Gasteiger partial charge is 0.484 e. The Morgan fingerprint density at radius 2 is 1.73 bits per heavy atom. The molecule has 1 saturated heterocycles. The summed E-state index contributed by atoms with van der Waals surface area (Å²) in [5, 5.41) is 2.34. The molecule has 1 heterocycles. The number of likely N-dealkylation sites (N-methyl/N-ethyl adjacent to an activating group) is 1. The van der Waals surface area contributed by atoms with Gasteiger partial charge in [0.15, 0.2) is 6.61 Å². The van der Waals surface area contributed by atoms with E-state index < -0.39 is 17.6 Å². The van der Waals surface area contributed by atoms with Crippen LogP contribution >= 0.6 is 0 Å². The van der Waals surface area contributed by atoms with Crippen LogP contribution in [0.1, 0.15) is 16.7 Å². The molecule has 2 aromatic rings. The predicted molar refractivity (Wildman–Crippen MR) is 111 cm³/mol. The first-order valence-electron chi connectivity index (χ1n) is 9.78. The number of halogens is 3. The number of amides is 1. The first-order chi connectivity index (χ1) is 14.1. The minimum Gasteiger partial charge on any atom is -0.484 e. The summed E-state index contributed by atoms with van der Waals surface area (Å²) in [6, 6.07) is 9.40. The maximum Gasteiger partial charge on any atom is 0.418 e. The summed E-state index contributed by atoms with van der Waals surface area (Å²) in [7, 11) is 1.98. The van der Waals surface area contributed by atoms with E-state index in [1.165, 1.54) is 6.07 Å². The Balaban J connectivity index is 1.70. The van der Waals surface area contributed by atoms with Crippen LogP contribution in [0.4, 0.5) is 24.5 Å². The third-order valence-corrected chi connectivity index (χ3v) is 5.30. The number of hydrogen-bond donors (Lipinski definition) is 1. The fourth-order valence-corrected chi connectivity index (χ4v) is 3.28. The van der Waals surface area contributed by atoms with E-state index in [9.17, 15) is 18.0 Å². The van der Waals surface area contributed by atoms with Crippen LogP contribution in [0.3, 0.4) is 0 Å². The van der Waals surface area contributed by atoms with Crippen molar-refractivity contribution in [2.24, 2.45) is 0 Å². The Morgan fingerprint density at radius 3 is 2.37 bits per heavy atom. The minimum atomic E-state index is -4.58. The summed E-state index contributed by atoms with van der Waals surface area (Å²) in [6.45, 7) is 6.38. The average Bonchev–Trinajstić information content (AvgIpc) is 2.69. The third-order valence-electron chi connectivity index (χ3n) is 5.30. The number of hydrogen-bond acceptors (Lipinski definition) is 4. The van der Waals surface area contributed by atoms with Crippen molar-refractivity contribution in [3.8, 4) is 5.75 Å². The molecule has 0 aromatic heterocycles. The molecule has 30 heavy (non-hydrogen) atoms. The zero-order chi connectivity index (χ0) is 21.9. The Bertz CT molecular complexity index is 907. The van der Waals surface area contributed by atoms with Crippen LogP contribution in [0, 0.1) is 13.8 Å². The summed E-state index contributed by atoms with van der Waals surface area (Å²) >= 11 is 0. The van der Waals surface area contributed by atoms with Crippen LogP contribution in [-0.2, 0) is 11.0 Å². The molecule has 5 nitrogen and oxygen atoms in total. The van der Waals surface area contributed by atoms with Gasteiger partial charge in [0.2, 0.25) is 0 Å². The molecule has 1 fully saturated rings. The first-order valence-corrected chi connectivity index (χ1v) is 9.78. The number of anilines is 2. The van der Waals surface area contributed by atoms with E-state index in [0.29, 0.717) is 24.5 Å². The molecule has 162 valence electrons. The molecule has 2 aromatic carbocycles. The van der Waals surface area contributed by atoms with Gasteiger partial charge < -0.3 is 19.9 Å². The molecule has 1 N–H and O–H groups in total. The van der Waals surface area contributed by atoms with Gasteiger partial charge in [0.05, 0.1) is 11.3 Å². The molecule has 0 unspecified atom stereocenters. The van der Waals surface area contributed by atoms with Gasteiger partial charge in [0.25, 0.3) is 5.91 Å². The molecule has 3 rings (SSSR count). The minimum absolute atomic E-state index is 0.269. The fraction of sp³-hybridized carbons (Fsp3) is 0.409. The Hall–Kier alpha value is -2.74. The van der Waals surface area contributed by atoms with E-state index >= 15 is 0 Å². The summed E-state index contributed by atoms with van der Waals surface area (Å²) < 4.78 is 46.3. The molecular formula is C22H26F3N3O2. The molecule has 1 aliphatic heterocycles. The van der Waals surface area contributed by atoms with Crippen LogP contribution < -0.4 is 15.0 Å². The number of carbonyl (C=O) groups excluding carboxylic acids is 1. The zero-order valence-electron chi connectivity index (χ0n) is 17.3. The molecule has 0 spiro atoms. The number of aryl methyl sites for hydroxylation is 2. The highest BCUT2D eigenvalue weighted by atomic mass is 19.4. The second-order valence-corrected chi connectivity index (χ2v) is 7.60. The van der Waals surface area contributed by atoms with Crippen molar-refractivity contribution < 1.29 is 22.7 Å². The van der Waals surface area contributed by atoms with Crippen LogP contribution in [0.15, 0.2) is 36.4 Å². The molecule has 0 radical (unpaired) electrons. The number of carbonyl (C=O) groups is 1. The van der Waals surface area contributed by atoms with Crippen molar-refractivity contribution in [3.05, 3.63) is 53.1 Å². The van der Waals surface area contributed by atoms with Gasteiger partial charge in [-0.3, -0.25) is 4.79 Å². The standard InChI is InChI=1S/C22H26F3N3O2/c1-15-4-6-18(12-16(15)2)30-14-21(29)26-20-7-5-17(13-19(20)22(23,24)25)28-10-8-27(3)9-11-28/h4-7,12-13H,8-11,14H2,1-3H3,(H,26,29). The highest BCUT2D eigenvalue weighted by Gasteiger charge is 2.35. The normalized spacial score (nSPS) is 15.2. The number of alkyl halides is 3. The summed E-state index contributed by atoms with van der Waals surface area (Å²) in [4.78, 5) is 16.3. The van der Waals surface area contributed by atoms with Crippen molar-refractivity contribution in [3.63, 3.8) is 0 Å². The molecule has 0 bridgehead atoms. The second kappa shape index (κ2) is 8.95. The summed E-state index contributed by atoms with van der Waals surface area (Å²) in [5.41, 5.74) is 1.46. The molecule has 0 atom stereocenters. The molecule has 8 heteroatoms.